The zero-order valence-corrected chi connectivity index (χ0v) is 33.3. The van der Waals surface area contributed by atoms with Crippen LogP contribution in [0.1, 0.15) is 105 Å². The second-order valence-electron chi connectivity index (χ2n) is 16.8. The lowest BCUT2D eigenvalue weighted by molar-refractivity contribution is -0.142. The molecule has 13 nitrogen and oxygen atoms in total. The summed E-state index contributed by atoms with van der Waals surface area (Å²) in [6.45, 7) is 13.8. The molecule has 0 radical (unpaired) electrons. The highest BCUT2D eigenvalue weighted by Crippen LogP contribution is 2.36. The number of amides is 6. The van der Waals surface area contributed by atoms with Crippen LogP contribution in [0.5, 0.6) is 0 Å². The summed E-state index contributed by atoms with van der Waals surface area (Å²) in [5.74, 6) is -2.42. The predicted octanol–water partition coefficient (Wildman–Crippen LogP) is 4.17. The molecule has 5 atom stereocenters. The molecule has 1 aromatic rings. The smallest absolute Gasteiger partial charge is 0.407 e. The van der Waals surface area contributed by atoms with Crippen LogP contribution in [-0.2, 0) is 28.7 Å². The van der Waals surface area contributed by atoms with E-state index in [0.717, 1.165) is 32.1 Å². The maximum absolute atomic E-state index is 14.4. The van der Waals surface area contributed by atoms with Crippen LogP contribution in [0.3, 0.4) is 0 Å². The molecule has 4 unspecified atom stereocenters. The summed E-state index contributed by atoms with van der Waals surface area (Å²) in [4.78, 5) is 83.8. The van der Waals surface area contributed by atoms with Crippen molar-refractivity contribution in [1.29, 1.82) is 0 Å². The number of carbonyl (C=O) groups is 6. The lowest BCUT2D eigenvalue weighted by Crippen LogP contribution is -2.58. The Morgan fingerprint density at radius 1 is 0.887 bits per heavy atom. The summed E-state index contributed by atoms with van der Waals surface area (Å²) in [6, 6.07) is 5.77. The fourth-order valence-electron chi connectivity index (χ4n) is 7.26. The molecule has 2 fully saturated rings. The highest BCUT2D eigenvalue weighted by molar-refractivity contribution is 5.93. The number of nitrogens with one attached hydrogen (secondary N) is 4. The summed E-state index contributed by atoms with van der Waals surface area (Å²) >= 11 is 0. The first-order valence-corrected chi connectivity index (χ1v) is 19.3. The van der Waals surface area contributed by atoms with Crippen LogP contribution in [0.25, 0.3) is 0 Å². The van der Waals surface area contributed by atoms with Crippen molar-refractivity contribution in [1.82, 2.24) is 31.1 Å². The van der Waals surface area contributed by atoms with Crippen molar-refractivity contribution in [2.45, 2.75) is 118 Å². The normalized spacial score (nSPS) is 19.5. The largest absolute Gasteiger partial charge is 0.449 e. The molecular formula is C40H64N6O7. The molecule has 1 aliphatic heterocycles. The molecule has 1 aromatic carbocycles. The number of hydrogen-bond donors (Lipinski definition) is 4. The van der Waals surface area contributed by atoms with Crippen molar-refractivity contribution >= 4 is 35.6 Å². The summed E-state index contributed by atoms with van der Waals surface area (Å²) in [6.07, 6.45) is 4.88. The summed E-state index contributed by atoms with van der Waals surface area (Å²) in [5, 5.41) is 11.4. The first kappa shape index (κ1) is 43.2. The molecule has 0 spiro atoms. The molecule has 1 saturated heterocycles. The van der Waals surface area contributed by atoms with Gasteiger partial charge in [0.1, 0.15) is 18.1 Å². The van der Waals surface area contributed by atoms with Gasteiger partial charge in [-0.1, -0.05) is 98.1 Å². The monoisotopic (exact) mass is 740 g/mol. The van der Waals surface area contributed by atoms with Crippen molar-refractivity contribution in [2.24, 2.45) is 29.1 Å². The minimum atomic E-state index is -0.916. The first-order valence-electron chi connectivity index (χ1n) is 19.3. The van der Waals surface area contributed by atoms with Crippen molar-refractivity contribution in [3.63, 3.8) is 0 Å². The Labute approximate surface area is 316 Å². The fraction of sp³-hybridized carbons (Fsp3) is 0.700. The van der Waals surface area contributed by atoms with Crippen molar-refractivity contribution in [3.05, 3.63) is 35.9 Å². The van der Waals surface area contributed by atoms with Gasteiger partial charge in [0.05, 0.1) is 19.1 Å². The summed E-state index contributed by atoms with van der Waals surface area (Å²) < 4.78 is 5.40. The topological polar surface area (TPSA) is 166 Å². The minimum Gasteiger partial charge on any atom is -0.449 e. The van der Waals surface area contributed by atoms with Crippen LogP contribution in [0, 0.1) is 29.1 Å². The van der Waals surface area contributed by atoms with Crippen LogP contribution in [0.15, 0.2) is 30.3 Å². The maximum Gasteiger partial charge on any atom is 0.407 e. The Morgan fingerprint density at radius 2 is 1.53 bits per heavy atom. The molecule has 53 heavy (non-hydrogen) atoms. The van der Waals surface area contributed by atoms with Gasteiger partial charge >= 0.3 is 6.09 Å². The molecule has 0 bridgehead atoms. The summed E-state index contributed by atoms with van der Waals surface area (Å²) in [5.41, 5.74) is 0.260. The van der Waals surface area contributed by atoms with Gasteiger partial charge < -0.3 is 35.8 Å². The minimum absolute atomic E-state index is 0.0612. The SMILES string of the molecule is CC(C)COC(=O)NC(C(=O)N1CC(C)(C)CC1C(=O)N[C@@H](CC(C)C)C(C)C(=O)NCC(=O)NC(C(=O)N(C)C)c1ccccc1)C1CCCCC1. The Balaban J connectivity index is 1.73. The van der Waals surface area contributed by atoms with Crippen LogP contribution in [0.4, 0.5) is 4.79 Å². The average Bonchev–Trinajstić information content (AvgIpc) is 3.45. The molecule has 13 heteroatoms. The van der Waals surface area contributed by atoms with Gasteiger partial charge in [-0.05, 0) is 54.4 Å². The zero-order chi connectivity index (χ0) is 39.5. The Kier molecular flexibility index (Phi) is 16.1. The van der Waals surface area contributed by atoms with Gasteiger partial charge in [-0.3, -0.25) is 24.0 Å². The highest BCUT2D eigenvalue weighted by atomic mass is 16.5. The van der Waals surface area contributed by atoms with Gasteiger partial charge in [-0.25, -0.2) is 4.79 Å². The Bertz CT molecular complexity index is 1410. The molecule has 2 aliphatic rings. The van der Waals surface area contributed by atoms with Gasteiger partial charge in [0.2, 0.25) is 29.5 Å². The van der Waals surface area contributed by atoms with E-state index in [1.54, 1.807) is 50.2 Å². The van der Waals surface area contributed by atoms with Crippen LogP contribution < -0.4 is 21.3 Å². The first-order chi connectivity index (χ1) is 24.9. The Morgan fingerprint density at radius 3 is 2.11 bits per heavy atom. The van der Waals surface area contributed by atoms with Gasteiger partial charge in [0.25, 0.3) is 0 Å². The lowest BCUT2D eigenvalue weighted by atomic mass is 9.83. The van der Waals surface area contributed by atoms with E-state index in [1.165, 1.54) is 4.90 Å². The van der Waals surface area contributed by atoms with E-state index in [2.05, 4.69) is 21.3 Å². The van der Waals surface area contributed by atoms with E-state index in [4.69, 9.17) is 4.74 Å². The third-order valence-electron chi connectivity index (χ3n) is 10.1. The molecule has 0 aromatic heterocycles. The predicted molar refractivity (Wildman–Crippen MR) is 203 cm³/mol. The molecule has 1 heterocycles. The van der Waals surface area contributed by atoms with Gasteiger partial charge in [0, 0.05) is 26.7 Å². The quantitative estimate of drug-likeness (QED) is 0.198. The number of carbonyl (C=O) groups excluding carboxylic acids is 6. The fourth-order valence-corrected chi connectivity index (χ4v) is 7.26. The number of hydrogen-bond acceptors (Lipinski definition) is 7. The van der Waals surface area contributed by atoms with E-state index >= 15 is 0 Å². The standard InChI is InChI=1S/C40H64N6O7/c1-25(2)20-30(27(5)35(48)41-22-32(47)43-33(37(50)45(8)9)28-16-12-10-13-17-28)42-36(49)31-21-40(6,7)24-46(31)38(51)34(29-18-14-11-15-19-29)44-39(52)53-23-26(3)4/h10,12-13,16-17,25-27,29-31,33-34H,11,14-15,18-24H2,1-9H3,(H,41,48)(H,42,49)(H,43,47)(H,44,52)/t27?,30-,31?,33?,34?/m0/s1. The molecule has 296 valence electrons. The number of rotatable bonds is 16. The molecule has 3 rings (SSSR count). The van der Waals surface area contributed by atoms with Gasteiger partial charge in [0.15, 0.2) is 0 Å². The maximum atomic E-state index is 14.4. The molecular weight excluding hydrogens is 676 g/mol. The molecule has 4 N–H and O–H groups in total. The molecule has 6 amide bonds. The van der Waals surface area contributed by atoms with Crippen molar-refractivity contribution in [3.8, 4) is 0 Å². The van der Waals surface area contributed by atoms with Crippen LogP contribution >= 0.6 is 0 Å². The number of benzene rings is 1. The van der Waals surface area contributed by atoms with Gasteiger partial charge in [-0.2, -0.15) is 0 Å². The summed E-state index contributed by atoms with van der Waals surface area (Å²) in [7, 11) is 3.21. The number of likely N-dealkylation sites (tertiary alicyclic amines) is 1. The van der Waals surface area contributed by atoms with Crippen molar-refractivity contribution < 1.29 is 33.5 Å². The molecule has 1 saturated carbocycles. The van der Waals surface area contributed by atoms with Crippen LogP contribution in [0.2, 0.25) is 0 Å². The number of nitrogens with zero attached hydrogens (tertiary/aromatic N) is 2. The zero-order valence-electron chi connectivity index (χ0n) is 33.3. The number of ether oxygens (including phenoxy) is 1. The Hall–Kier alpha value is -4.16. The number of likely N-dealkylation sites (N-methyl/N-ethyl adjacent to an activating group) is 1. The van der Waals surface area contributed by atoms with Crippen LogP contribution in [-0.4, -0.2) is 97.3 Å². The average molecular weight is 741 g/mol. The highest BCUT2D eigenvalue weighted by Gasteiger charge is 2.47. The van der Waals surface area contributed by atoms with E-state index in [9.17, 15) is 28.8 Å². The van der Waals surface area contributed by atoms with Gasteiger partial charge in [-0.15, -0.1) is 0 Å². The lowest BCUT2D eigenvalue weighted by Gasteiger charge is -2.35. The van der Waals surface area contributed by atoms with Crippen molar-refractivity contribution in [2.75, 3.05) is 33.8 Å². The third-order valence-corrected chi connectivity index (χ3v) is 10.1. The number of alkyl carbamates (subject to hydrolysis) is 1. The second kappa shape index (κ2) is 19.8. The molecule has 1 aliphatic carbocycles. The van der Waals surface area contributed by atoms with E-state index in [0.29, 0.717) is 24.9 Å². The second-order valence-corrected chi connectivity index (χ2v) is 16.8. The van der Waals surface area contributed by atoms with E-state index < -0.39 is 48.0 Å². The van der Waals surface area contributed by atoms with E-state index in [-0.39, 0.29) is 54.0 Å². The third kappa shape index (κ3) is 13.0. The van der Waals surface area contributed by atoms with E-state index in [1.807, 2.05) is 47.6 Å².